The molecular weight excluding hydrogens is 264 g/mol. The molecule has 0 aliphatic heterocycles. The van der Waals surface area contributed by atoms with E-state index in [4.69, 9.17) is 16.3 Å². The number of hydrogen-bond acceptors (Lipinski definition) is 2. The number of aryl methyl sites for hydroxylation is 1. The largest absolute Gasteiger partial charge is 0.497 e. The van der Waals surface area contributed by atoms with Gasteiger partial charge >= 0.3 is 5.97 Å². The third-order valence-corrected chi connectivity index (χ3v) is 3.17. The first-order chi connectivity index (χ1) is 9.02. The highest BCUT2D eigenvalue weighted by Gasteiger charge is 2.14. The minimum atomic E-state index is -0.983. The Kier molecular flexibility index (Phi) is 3.76. The lowest BCUT2D eigenvalue weighted by Crippen LogP contribution is -2.01. The van der Waals surface area contributed by atoms with Crippen LogP contribution in [-0.2, 0) is 0 Å². The fourth-order valence-corrected chi connectivity index (χ4v) is 2.22. The number of halogens is 1. The normalized spacial score (nSPS) is 10.3. The van der Waals surface area contributed by atoms with Crippen LogP contribution in [-0.4, -0.2) is 18.2 Å². The summed E-state index contributed by atoms with van der Waals surface area (Å²) in [5.74, 6) is -0.462. The SMILES string of the molecule is COc1ccc(-c2ccc(Cl)cc2C)c(C(=O)O)c1. The molecule has 0 aromatic heterocycles. The van der Waals surface area contributed by atoms with Gasteiger partial charge < -0.3 is 9.84 Å². The maximum absolute atomic E-state index is 11.4. The van der Waals surface area contributed by atoms with Gasteiger partial charge in [0.2, 0.25) is 0 Å². The first-order valence-corrected chi connectivity index (χ1v) is 6.08. The quantitative estimate of drug-likeness (QED) is 0.921. The number of carboxylic acids is 1. The molecule has 2 aromatic rings. The van der Waals surface area contributed by atoms with E-state index in [9.17, 15) is 9.90 Å². The summed E-state index contributed by atoms with van der Waals surface area (Å²) in [6.07, 6.45) is 0. The van der Waals surface area contributed by atoms with E-state index >= 15 is 0 Å². The Hall–Kier alpha value is -2.00. The Morgan fingerprint density at radius 3 is 2.42 bits per heavy atom. The second-order valence-corrected chi connectivity index (χ2v) is 4.61. The average Bonchev–Trinajstić information content (AvgIpc) is 2.38. The van der Waals surface area contributed by atoms with Crippen LogP contribution in [0, 0.1) is 6.92 Å². The number of ether oxygens (including phenoxy) is 1. The molecule has 0 unspecified atom stereocenters. The molecule has 0 saturated carbocycles. The van der Waals surface area contributed by atoms with Gasteiger partial charge in [0.1, 0.15) is 5.75 Å². The van der Waals surface area contributed by atoms with Crippen molar-refractivity contribution in [2.24, 2.45) is 0 Å². The van der Waals surface area contributed by atoms with Crippen LogP contribution in [0.3, 0.4) is 0 Å². The molecule has 3 nitrogen and oxygen atoms in total. The summed E-state index contributed by atoms with van der Waals surface area (Å²) in [5, 5.41) is 9.94. The minimum absolute atomic E-state index is 0.213. The summed E-state index contributed by atoms with van der Waals surface area (Å²) >= 11 is 5.92. The molecule has 0 atom stereocenters. The molecule has 2 aromatic carbocycles. The standard InChI is InChI=1S/C15H13ClO3/c1-9-7-10(16)3-5-12(9)13-6-4-11(19-2)8-14(13)15(17)18/h3-8H,1-2H3,(H,17,18). The predicted molar refractivity (Wildman–Crippen MR) is 75.1 cm³/mol. The van der Waals surface area contributed by atoms with Crippen molar-refractivity contribution in [2.45, 2.75) is 6.92 Å². The highest BCUT2D eigenvalue weighted by molar-refractivity contribution is 6.30. The summed E-state index contributed by atoms with van der Waals surface area (Å²) in [4.78, 5) is 11.4. The van der Waals surface area contributed by atoms with Crippen LogP contribution in [0.2, 0.25) is 5.02 Å². The van der Waals surface area contributed by atoms with Crippen molar-refractivity contribution in [1.82, 2.24) is 0 Å². The molecular formula is C15H13ClO3. The molecule has 0 heterocycles. The summed E-state index contributed by atoms with van der Waals surface area (Å²) in [5.41, 5.74) is 2.65. The highest BCUT2D eigenvalue weighted by Crippen LogP contribution is 2.31. The topological polar surface area (TPSA) is 46.5 Å². The monoisotopic (exact) mass is 276 g/mol. The number of carbonyl (C=O) groups is 1. The molecule has 0 radical (unpaired) electrons. The molecule has 0 amide bonds. The average molecular weight is 277 g/mol. The van der Waals surface area contributed by atoms with Crippen molar-refractivity contribution in [3.63, 3.8) is 0 Å². The lowest BCUT2D eigenvalue weighted by atomic mass is 9.96. The minimum Gasteiger partial charge on any atom is -0.497 e. The molecule has 2 rings (SSSR count). The maximum Gasteiger partial charge on any atom is 0.336 e. The van der Waals surface area contributed by atoms with Crippen molar-refractivity contribution < 1.29 is 14.6 Å². The van der Waals surface area contributed by atoms with Gasteiger partial charge in [-0.2, -0.15) is 0 Å². The predicted octanol–water partition coefficient (Wildman–Crippen LogP) is 4.02. The summed E-state index contributed by atoms with van der Waals surface area (Å²) in [7, 11) is 1.51. The van der Waals surface area contributed by atoms with Gasteiger partial charge in [-0.05, 0) is 53.9 Å². The van der Waals surface area contributed by atoms with Crippen molar-refractivity contribution in [2.75, 3.05) is 7.11 Å². The Balaban J connectivity index is 2.64. The van der Waals surface area contributed by atoms with Gasteiger partial charge in [-0.25, -0.2) is 4.79 Å². The second-order valence-electron chi connectivity index (χ2n) is 4.18. The fourth-order valence-electron chi connectivity index (χ4n) is 1.99. The Morgan fingerprint density at radius 1 is 1.16 bits per heavy atom. The van der Waals surface area contributed by atoms with E-state index in [1.807, 2.05) is 19.1 Å². The zero-order chi connectivity index (χ0) is 14.0. The molecule has 98 valence electrons. The maximum atomic E-state index is 11.4. The molecule has 0 bridgehead atoms. The number of hydrogen-bond donors (Lipinski definition) is 1. The van der Waals surface area contributed by atoms with Gasteiger partial charge in [0.15, 0.2) is 0 Å². The number of aromatic carboxylic acids is 1. The molecule has 4 heteroatoms. The van der Waals surface area contributed by atoms with Crippen LogP contribution < -0.4 is 4.74 Å². The Labute approximate surface area is 116 Å². The molecule has 1 N–H and O–H groups in total. The van der Waals surface area contributed by atoms with Crippen LogP contribution >= 0.6 is 11.6 Å². The van der Waals surface area contributed by atoms with E-state index in [2.05, 4.69) is 0 Å². The highest BCUT2D eigenvalue weighted by atomic mass is 35.5. The molecule has 0 aliphatic carbocycles. The van der Waals surface area contributed by atoms with Gasteiger partial charge in [-0.15, -0.1) is 0 Å². The van der Waals surface area contributed by atoms with E-state index in [0.717, 1.165) is 11.1 Å². The fraction of sp³-hybridized carbons (Fsp3) is 0.133. The van der Waals surface area contributed by atoms with Gasteiger partial charge in [-0.3, -0.25) is 0 Å². The summed E-state index contributed by atoms with van der Waals surface area (Å²) < 4.78 is 5.06. The lowest BCUT2D eigenvalue weighted by Gasteiger charge is -2.11. The van der Waals surface area contributed by atoms with Crippen LogP contribution in [0.25, 0.3) is 11.1 Å². The van der Waals surface area contributed by atoms with Crippen LogP contribution in [0.15, 0.2) is 36.4 Å². The van der Waals surface area contributed by atoms with Crippen LogP contribution in [0.5, 0.6) is 5.75 Å². The van der Waals surface area contributed by atoms with Gasteiger partial charge in [0.05, 0.1) is 12.7 Å². The first kappa shape index (κ1) is 13.4. The molecule has 0 fully saturated rings. The van der Waals surface area contributed by atoms with Crippen molar-refractivity contribution in [1.29, 1.82) is 0 Å². The Bertz CT molecular complexity index is 635. The third-order valence-electron chi connectivity index (χ3n) is 2.94. The zero-order valence-electron chi connectivity index (χ0n) is 10.6. The van der Waals surface area contributed by atoms with Gasteiger partial charge in [-0.1, -0.05) is 17.7 Å². The van der Waals surface area contributed by atoms with Crippen molar-refractivity contribution >= 4 is 17.6 Å². The van der Waals surface area contributed by atoms with E-state index in [1.54, 1.807) is 18.2 Å². The van der Waals surface area contributed by atoms with Gasteiger partial charge in [0.25, 0.3) is 0 Å². The summed E-state index contributed by atoms with van der Waals surface area (Å²) in [6, 6.07) is 10.4. The lowest BCUT2D eigenvalue weighted by molar-refractivity contribution is 0.0697. The molecule has 0 saturated heterocycles. The van der Waals surface area contributed by atoms with Crippen molar-refractivity contribution in [3.05, 3.63) is 52.5 Å². The number of benzene rings is 2. The van der Waals surface area contributed by atoms with Crippen molar-refractivity contribution in [3.8, 4) is 16.9 Å². The number of carboxylic acid groups (broad SMARTS) is 1. The zero-order valence-corrected chi connectivity index (χ0v) is 11.4. The smallest absolute Gasteiger partial charge is 0.336 e. The first-order valence-electron chi connectivity index (χ1n) is 5.71. The number of rotatable bonds is 3. The van der Waals surface area contributed by atoms with E-state index in [0.29, 0.717) is 16.3 Å². The van der Waals surface area contributed by atoms with Crippen LogP contribution in [0.4, 0.5) is 0 Å². The summed E-state index contributed by atoms with van der Waals surface area (Å²) in [6.45, 7) is 1.90. The molecule has 0 aliphatic rings. The van der Waals surface area contributed by atoms with E-state index in [1.165, 1.54) is 13.2 Å². The van der Waals surface area contributed by atoms with E-state index in [-0.39, 0.29) is 5.56 Å². The second kappa shape index (κ2) is 5.33. The van der Waals surface area contributed by atoms with Gasteiger partial charge in [0, 0.05) is 5.02 Å². The van der Waals surface area contributed by atoms with Crippen LogP contribution in [0.1, 0.15) is 15.9 Å². The number of methoxy groups -OCH3 is 1. The Morgan fingerprint density at radius 2 is 1.84 bits per heavy atom. The molecule has 19 heavy (non-hydrogen) atoms. The third kappa shape index (κ3) is 2.71. The van der Waals surface area contributed by atoms with E-state index < -0.39 is 5.97 Å². The molecule has 0 spiro atoms.